The van der Waals surface area contributed by atoms with Gasteiger partial charge >= 0.3 is 5.97 Å². The Morgan fingerprint density at radius 1 is 1.03 bits per heavy atom. The molecule has 3 heterocycles. The highest BCUT2D eigenvalue weighted by Gasteiger charge is 2.38. The Kier molecular flexibility index (Phi) is 8.49. The molecule has 0 N–H and O–H groups in total. The summed E-state index contributed by atoms with van der Waals surface area (Å²) in [6.45, 7) is 8.27. The molecule has 0 spiro atoms. The topological polar surface area (TPSA) is 45.9 Å². The molecule has 0 bridgehead atoms. The van der Waals surface area contributed by atoms with Gasteiger partial charge in [0.05, 0.1) is 12.6 Å². The molecule has 4 rings (SSSR count). The first-order valence-corrected chi connectivity index (χ1v) is 13.1. The number of furan rings is 1. The lowest BCUT2D eigenvalue weighted by atomic mass is 9.92. The van der Waals surface area contributed by atoms with E-state index in [4.69, 9.17) is 9.15 Å². The number of rotatable bonds is 10. The molecule has 0 aliphatic carbocycles. The largest absolute Gasteiger partial charge is 0.462 e. The summed E-state index contributed by atoms with van der Waals surface area (Å²) in [7, 11) is 0. The van der Waals surface area contributed by atoms with Crippen LogP contribution in [-0.4, -0.2) is 37.1 Å². The van der Waals surface area contributed by atoms with E-state index in [2.05, 4.69) is 47.1 Å². The summed E-state index contributed by atoms with van der Waals surface area (Å²) in [5.41, 5.74) is 3.12. The summed E-state index contributed by atoms with van der Waals surface area (Å²) >= 11 is 0. The van der Waals surface area contributed by atoms with Crippen molar-refractivity contribution in [2.24, 2.45) is 0 Å². The molecule has 1 aromatic heterocycles. The highest BCUT2D eigenvalue weighted by Crippen LogP contribution is 2.43. The fraction of sp³-hybridized carbons (Fsp3) is 0.607. The van der Waals surface area contributed by atoms with Crippen molar-refractivity contribution in [3.05, 3.63) is 52.8 Å². The van der Waals surface area contributed by atoms with Crippen molar-refractivity contribution in [1.29, 1.82) is 0 Å². The molecule has 1 unspecified atom stereocenters. The van der Waals surface area contributed by atoms with Crippen LogP contribution in [0.15, 0.2) is 34.7 Å². The minimum Gasteiger partial charge on any atom is -0.462 e. The monoisotopic (exact) mass is 452 g/mol. The van der Waals surface area contributed by atoms with Gasteiger partial charge in [0.2, 0.25) is 5.88 Å². The van der Waals surface area contributed by atoms with Crippen LogP contribution < -0.4 is 4.90 Å². The highest BCUT2D eigenvalue weighted by atomic mass is 16.5. The quantitative estimate of drug-likeness (QED) is 0.303. The van der Waals surface area contributed by atoms with Crippen LogP contribution in [-0.2, 0) is 17.7 Å². The maximum Gasteiger partial charge on any atom is 0.343 e. The third-order valence-corrected chi connectivity index (χ3v) is 7.09. The average Bonchev–Trinajstić information content (AvgIpc) is 3.24. The zero-order valence-corrected chi connectivity index (χ0v) is 20.5. The maximum atomic E-state index is 13.1. The lowest BCUT2D eigenvalue weighted by Crippen LogP contribution is -2.35. The fourth-order valence-electron chi connectivity index (χ4n) is 5.38. The van der Waals surface area contributed by atoms with Gasteiger partial charge < -0.3 is 14.1 Å². The first-order chi connectivity index (χ1) is 16.2. The number of fused-ring (bicyclic) bond motifs is 1. The molecule has 1 saturated heterocycles. The molecule has 0 amide bonds. The summed E-state index contributed by atoms with van der Waals surface area (Å²) < 4.78 is 12.2. The van der Waals surface area contributed by atoms with Gasteiger partial charge in [0.1, 0.15) is 11.3 Å². The predicted molar refractivity (Wildman–Crippen MR) is 133 cm³/mol. The SMILES string of the molecule is CCCCCCC1c2oc(N3CCCCC3)c(C(=O)OCC)c2CCN1Cc1ccccc1. The molecule has 5 heteroatoms. The van der Waals surface area contributed by atoms with Gasteiger partial charge in [-0.25, -0.2) is 4.79 Å². The van der Waals surface area contributed by atoms with E-state index < -0.39 is 0 Å². The summed E-state index contributed by atoms with van der Waals surface area (Å²) in [5, 5.41) is 0. The van der Waals surface area contributed by atoms with E-state index in [0.29, 0.717) is 12.2 Å². The number of hydrogen-bond acceptors (Lipinski definition) is 5. The number of esters is 1. The number of unbranched alkanes of at least 4 members (excludes halogenated alkanes) is 3. The van der Waals surface area contributed by atoms with E-state index in [1.54, 1.807) is 0 Å². The molecule has 0 saturated carbocycles. The van der Waals surface area contributed by atoms with Gasteiger partial charge in [-0.05, 0) is 44.6 Å². The summed E-state index contributed by atoms with van der Waals surface area (Å²) in [6, 6.07) is 10.9. The van der Waals surface area contributed by atoms with E-state index in [0.717, 1.165) is 69.1 Å². The molecule has 5 nitrogen and oxygen atoms in total. The smallest absolute Gasteiger partial charge is 0.343 e. The second-order valence-electron chi connectivity index (χ2n) is 9.46. The van der Waals surface area contributed by atoms with Crippen molar-refractivity contribution < 1.29 is 13.9 Å². The minimum absolute atomic E-state index is 0.206. The molecule has 1 aromatic carbocycles. The van der Waals surface area contributed by atoms with Crippen LogP contribution in [0.2, 0.25) is 0 Å². The fourth-order valence-corrected chi connectivity index (χ4v) is 5.38. The first kappa shape index (κ1) is 23.9. The van der Waals surface area contributed by atoms with Crippen molar-refractivity contribution in [2.45, 2.75) is 84.2 Å². The van der Waals surface area contributed by atoms with E-state index >= 15 is 0 Å². The van der Waals surface area contributed by atoms with Crippen LogP contribution in [0.5, 0.6) is 0 Å². The van der Waals surface area contributed by atoms with Crippen molar-refractivity contribution in [3.63, 3.8) is 0 Å². The molecule has 0 radical (unpaired) electrons. The molecule has 2 aliphatic heterocycles. The molecule has 33 heavy (non-hydrogen) atoms. The standard InChI is InChI=1S/C28H40N2O3/c1-3-5-6-11-16-24-26-23(17-20-30(24)21-22-14-9-7-10-15-22)25(28(31)32-4-2)27(33-26)29-18-12-8-13-19-29/h7,9-10,14-15,24H,3-6,8,11-13,16-21H2,1-2H3. The summed E-state index contributed by atoms with van der Waals surface area (Å²) in [5.74, 6) is 1.56. The van der Waals surface area contributed by atoms with E-state index in [-0.39, 0.29) is 12.0 Å². The van der Waals surface area contributed by atoms with Crippen LogP contribution in [0.25, 0.3) is 0 Å². The number of carbonyl (C=O) groups excluding carboxylic acids is 1. The zero-order chi connectivity index (χ0) is 23.0. The van der Waals surface area contributed by atoms with E-state index in [1.165, 1.54) is 37.7 Å². The molecule has 2 aliphatic rings. The highest BCUT2D eigenvalue weighted by molar-refractivity contribution is 5.97. The number of anilines is 1. The second kappa shape index (κ2) is 11.7. The molecular weight excluding hydrogens is 412 g/mol. The van der Waals surface area contributed by atoms with E-state index in [9.17, 15) is 4.79 Å². The number of benzene rings is 1. The zero-order valence-electron chi connectivity index (χ0n) is 20.5. The van der Waals surface area contributed by atoms with Gasteiger partial charge in [-0.3, -0.25) is 4.90 Å². The van der Waals surface area contributed by atoms with Crippen molar-refractivity contribution in [1.82, 2.24) is 4.90 Å². The summed E-state index contributed by atoms with van der Waals surface area (Å²) in [4.78, 5) is 17.9. The Morgan fingerprint density at radius 2 is 1.82 bits per heavy atom. The third kappa shape index (κ3) is 5.63. The molecule has 2 aromatic rings. The Hall–Kier alpha value is -2.27. The first-order valence-electron chi connectivity index (χ1n) is 13.1. The minimum atomic E-state index is -0.218. The predicted octanol–water partition coefficient (Wildman–Crippen LogP) is 6.52. The van der Waals surface area contributed by atoms with Crippen LogP contribution >= 0.6 is 0 Å². The lowest BCUT2D eigenvalue weighted by Gasteiger charge is -2.35. The van der Waals surface area contributed by atoms with E-state index in [1.807, 2.05) is 6.92 Å². The number of ether oxygens (including phenoxy) is 1. The molecule has 180 valence electrons. The van der Waals surface area contributed by atoms with Crippen LogP contribution in [0, 0.1) is 0 Å². The van der Waals surface area contributed by atoms with Gasteiger partial charge in [-0.15, -0.1) is 0 Å². The number of hydrogen-bond donors (Lipinski definition) is 0. The number of carbonyl (C=O) groups is 1. The van der Waals surface area contributed by atoms with Crippen molar-refractivity contribution in [2.75, 3.05) is 31.1 Å². The van der Waals surface area contributed by atoms with Gasteiger partial charge in [0.25, 0.3) is 0 Å². The van der Waals surface area contributed by atoms with Gasteiger partial charge in [0.15, 0.2) is 0 Å². The number of nitrogens with zero attached hydrogens (tertiary/aromatic N) is 2. The summed E-state index contributed by atoms with van der Waals surface area (Å²) in [6.07, 6.45) is 10.4. The van der Waals surface area contributed by atoms with Crippen LogP contribution in [0.1, 0.15) is 98.5 Å². The van der Waals surface area contributed by atoms with Gasteiger partial charge in [-0.2, -0.15) is 0 Å². The Balaban J connectivity index is 1.67. The Bertz CT molecular complexity index is 886. The van der Waals surface area contributed by atoms with Crippen LogP contribution in [0.4, 0.5) is 5.88 Å². The lowest BCUT2D eigenvalue weighted by molar-refractivity contribution is 0.0524. The average molecular weight is 453 g/mol. The van der Waals surface area contributed by atoms with Gasteiger partial charge in [0, 0.05) is 31.7 Å². The number of piperidine rings is 1. The Labute approximate surface area is 199 Å². The van der Waals surface area contributed by atoms with Crippen molar-refractivity contribution >= 4 is 11.9 Å². The molecule has 1 fully saturated rings. The molecule has 1 atom stereocenters. The van der Waals surface area contributed by atoms with Crippen molar-refractivity contribution in [3.8, 4) is 0 Å². The molecular formula is C28H40N2O3. The van der Waals surface area contributed by atoms with Gasteiger partial charge in [-0.1, -0.05) is 62.9 Å². The third-order valence-electron chi connectivity index (χ3n) is 7.09. The maximum absolute atomic E-state index is 13.1. The second-order valence-corrected chi connectivity index (χ2v) is 9.46. The normalized spacial score (nSPS) is 18.8. The van der Waals surface area contributed by atoms with Crippen LogP contribution in [0.3, 0.4) is 0 Å². The Morgan fingerprint density at radius 3 is 2.55 bits per heavy atom.